The summed E-state index contributed by atoms with van der Waals surface area (Å²) in [6, 6.07) is 15.6. The van der Waals surface area contributed by atoms with Gasteiger partial charge in [-0.2, -0.15) is 0 Å². The second kappa shape index (κ2) is 15.5. The maximum atomic E-state index is 12.4. The maximum absolute atomic E-state index is 12.4. The number of hydrogen-bond donors (Lipinski definition) is 1. The number of aromatic nitrogens is 4. The van der Waals surface area contributed by atoms with E-state index >= 15 is 0 Å². The fourth-order valence-corrected chi connectivity index (χ4v) is 5.72. The van der Waals surface area contributed by atoms with Gasteiger partial charge in [-0.1, -0.05) is 63.3 Å². The number of ketones is 1. The van der Waals surface area contributed by atoms with Crippen molar-refractivity contribution in [3.8, 4) is 11.5 Å². The summed E-state index contributed by atoms with van der Waals surface area (Å²) in [7, 11) is 0. The van der Waals surface area contributed by atoms with Gasteiger partial charge in [-0.25, -0.2) is 0 Å². The highest BCUT2D eigenvalue weighted by molar-refractivity contribution is 7.15. The number of Topliss-reactive ketones (excluding diaryl/α,β-unsaturated/α-hetero) is 1. The van der Waals surface area contributed by atoms with E-state index in [1.807, 2.05) is 48.5 Å². The van der Waals surface area contributed by atoms with E-state index in [4.69, 9.17) is 9.47 Å². The first kappa shape index (κ1) is 31.2. The SMILES string of the molecule is CC(C)c1ccc(OCC(=O)Cc2nnc(CCCCc3nnc(NC(=O)COc4ccc(C(C)C)cc4)s3)s2)cc1. The molecule has 2 aromatic carbocycles. The number of anilines is 1. The van der Waals surface area contributed by atoms with Gasteiger partial charge in [0.15, 0.2) is 12.4 Å². The number of aryl methyl sites for hydroxylation is 2. The van der Waals surface area contributed by atoms with Crippen LogP contribution in [0.1, 0.15) is 78.5 Å². The van der Waals surface area contributed by atoms with Gasteiger partial charge in [0.2, 0.25) is 5.13 Å². The molecule has 11 heteroatoms. The standard InChI is InChI=1S/C31H37N5O4S2/c1-20(2)22-9-13-25(14-10-22)39-18-24(37)17-30-35-33-28(41-30)7-5-6-8-29-34-36-31(42-29)32-27(38)19-40-26-15-11-23(12-16-26)21(3)4/h9-16,20-21H,5-8,17-19H2,1-4H3,(H,32,36,38). The molecule has 0 aliphatic rings. The van der Waals surface area contributed by atoms with Crippen molar-refractivity contribution >= 4 is 39.5 Å². The molecule has 1 N–H and O–H groups in total. The van der Waals surface area contributed by atoms with Crippen molar-refractivity contribution in [3.63, 3.8) is 0 Å². The molecule has 0 unspecified atom stereocenters. The number of nitrogens with zero attached hydrogens (tertiary/aromatic N) is 4. The highest BCUT2D eigenvalue weighted by atomic mass is 32.1. The Kier molecular flexibility index (Phi) is 11.5. The molecule has 0 aliphatic heterocycles. The average molecular weight is 608 g/mol. The van der Waals surface area contributed by atoms with E-state index in [2.05, 4.69) is 53.4 Å². The fourth-order valence-electron chi connectivity index (χ4n) is 4.00. The topological polar surface area (TPSA) is 116 Å². The van der Waals surface area contributed by atoms with Crippen LogP contribution >= 0.6 is 22.7 Å². The Hall–Kier alpha value is -3.70. The molecule has 0 aliphatic carbocycles. The van der Waals surface area contributed by atoms with Crippen LogP contribution in [0.25, 0.3) is 0 Å². The molecular weight excluding hydrogens is 571 g/mol. The smallest absolute Gasteiger partial charge is 0.264 e. The lowest BCUT2D eigenvalue weighted by atomic mass is 10.0. The van der Waals surface area contributed by atoms with Crippen LogP contribution in [0.3, 0.4) is 0 Å². The van der Waals surface area contributed by atoms with E-state index in [-0.39, 0.29) is 31.3 Å². The van der Waals surface area contributed by atoms with Gasteiger partial charge in [-0.3, -0.25) is 14.9 Å². The largest absolute Gasteiger partial charge is 0.486 e. The monoisotopic (exact) mass is 607 g/mol. The average Bonchev–Trinajstić information content (AvgIpc) is 3.62. The van der Waals surface area contributed by atoms with Gasteiger partial charge in [0.1, 0.15) is 33.1 Å². The first-order chi connectivity index (χ1) is 20.2. The van der Waals surface area contributed by atoms with Crippen LogP contribution in [-0.4, -0.2) is 45.3 Å². The normalized spacial score (nSPS) is 11.2. The maximum Gasteiger partial charge on any atom is 0.264 e. The molecule has 4 aromatic rings. The van der Waals surface area contributed by atoms with Gasteiger partial charge in [-0.15, -0.1) is 31.7 Å². The fraction of sp³-hybridized carbons (Fsp3) is 0.419. The third kappa shape index (κ3) is 9.99. The van der Waals surface area contributed by atoms with E-state index in [0.29, 0.717) is 33.5 Å². The van der Waals surface area contributed by atoms with E-state index in [1.165, 1.54) is 33.8 Å². The lowest BCUT2D eigenvalue weighted by Gasteiger charge is -2.08. The molecule has 0 radical (unpaired) electrons. The molecule has 1 amide bonds. The molecule has 2 aromatic heterocycles. The number of amides is 1. The van der Waals surface area contributed by atoms with Crippen molar-refractivity contribution in [2.24, 2.45) is 0 Å². The minimum absolute atomic E-state index is 0.0134. The van der Waals surface area contributed by atoms with E-state index in [1.54, 1.807) is 0 Å². The number of nitrogens with one attached hydrogen (secondary N) is 1. The summed E-state index contributed by atoms with van der Waals surface area (Å²) < 4.78 is 11.2. The van der Waals surface area contributed by atoms with Gasteiger partial charge in [0.25, 0.3) is 5.91 Å². The van der Waals surface area contributed by atoms with Gasteiger partial charge in [0.05, 0.1) is 6.42 Å². The zero-order valence-electron chi connectivity index (χ0n) is 24.5. The Balaban J connectivity index is 1.10. The van der Waals surface area contributed by atoms with Crippen LogP contribution < -0.4 is 14.8 Å². The molecular formula is C31H37N5O4S2. The number of carbonyl (C=O) groups excluding carboxylic acids is 2. The Morgan fingerprint density at radius 3 is 1.76 bits per heavy atom. The Bertz CT molecular complexity index is 1320. The van der Waals surface area contributed by atoms with Crippen molar-refractivity contribution in [2.75, 3.05) is 18.5 Å². The molecule has 9 nitrogen and oxygen atoms in total. The number of benzene rings is 2. The number of ether oxygens (including phenoxy) is 2. The van der Waals surface area contributed by atoms with Crippen LogP contribution in [0.4, 0.5) is 5.13 Å². The highest BCUT2D eigenvalue weighted by Crippen LogP contribution is 2.21. The van der Waals surface area contributed by atoms with Gasteiger partial charge >= 0.3 is 0 Å². The minimum Gasteiger partial charge on any atom is -0.486 e. The Morgan fingerprint density at radius 1 is 0.690 bits per heavy atom. The molecule has 0 saturated carbocycles. The Labute approximate surface area is 254 Å². The Morgan fingerprint density at radius 2 is 1.19 bits per heavy atom. The molecule has 0 spiro atoms. The lowest BCUT2D eigenvalue weighted by molar-refractivity contribution is -0.120. The lowest BCUT2D eigenvalue weighted by Crippen LogP contribution is -2.20. The predicted molar refractivity (Wildman–Crippen MR) is 166 cm³/mol. The zero-order chi connectivity index (χ0) is 29.9. The predicted octanol–water partition coefficient (Wildman–Crippen LogP) is 6.41. The number of hydrogen-bond acceptors (Lipinski definition) is 10. The quantitative estimate of drug-likeness (QED) is 0.145. The molecule has 222 valence electrons. The first-order valence-corrected chi connectivity index (χ1v) is 15.8. The number of carbonyl (C=O) groups is 2. The molecule has 4 rings (SSSR count). The minimum atomic E-state index is -0.275. The van der Waals surface area contributed by atoms with E-state index < -0.39 is 0 Å². The second-order valence-corrected chi connectivity index (χ2v) is 12.8. The third-order valence-electron chi connectivity index (χ3n) is 6.46. The summed E-state index contributed by atoms with van der Waals surface area (Å²) in [5.41, 5.74) is 2.45. The van der Waals surface area contributed by atoms with Crippen molar-refractivity contribution in [2.45, 2.75) is 71.6 Å². The highest BCUT2D eigenvalue weighted by Gasteiger charge is 2.12. The van der Waals surface area contributed by atoms with Crippen LogP contribution in [0.5, 0.6) is 11.5 Å². The summed E-state index contributed by atoms with van der Waals surface area (Å²) >= 11 is 2.83. The zero-order valence-corrected chi connectivity index (χ0v) is 26.1. The third-order valence-corrected chi connectivity index (χ3v) is 8.35. The van der Waals surface area contributed by atoms with Crippen LogP contribution in [0, 0.1) is 0 Å². The van der Waals surface area contributed by atoms with Gasteiger partial charge in [0, 0.05) is 12.8 Å². The summed E-state index contributed by atoms with van der Waals surface area (Å²) in [6.07, 6.45) is 3.56. The first-order valence-electron chi connectivity index (χ1n) is 14.2. The van der Waals surface area contributed by atoms with E-state index in [0.717, 1.165) is 35.7 Å². The van der Waals surface area contributed by atoms with Crippen LogP contribution in [0.2, 0.25) is 0 Å². The van der Waals surface area contributed by atoms with Crippen molar-refractivity contribution in [3.05, 3.63) is 74.7 Å². The number of unbranched alkanes of at least 4 members (excludes halogenated alkanes) is 1. The van der Waals surface area contributed by atoms with Crippen molar-refractivity contribution in [1.82, 2.24) is 20.4 Å². The van der Waals surface area contributed by atoms with E-state index in [9.17, 15) is 9.59 Å². The second-order valence-electron chi connectivity index (χ2n) is 10.6. The molecule has 0 saturated heterocycles. The molecule has 0 atom stereocenters. The van der Waals surface area contributed by atoms with Gasteiger partial charge in [-0.05, 0) is 60.1 Å². The molecule has 42 heavy (non-hydrogen) atoms. The summed E-state index contributed by atoms with van der Waals surface area (Å²) in [5.74, 6) is 1.93. The summed E-state index contributed by atoms with van der Waals surface area (Å²) in [5, 5.41) is 22.4. The summed E-state index contributed by atoms with van der Waals surface area (Å²) in [6.45, 7) is 8.46. The number of rotatable bonds is 16. The van der Waals surface area contributed by atoms with Crippen molar-refractivity contribution < 1.29 is 19.1 Å². The molecule has 0 fully saturated rings. The van der Waals surface area contributed by atoms with Crippen molar-refractivity contribution in [1.29, 1.82) is 0 Å². The summed E-state index contributed by atoms with van der Waals surface area (Å²) in [4.78, 5) is 24.6. The molecule has 0 bridgehead atoms. The van der Waals surface area contributed by atoms with Crippen LogP contribution in [0.15, 0.2) is 48.5 Å². The van der Waals surface area contributed by atoms with Crippen LogP contribution in [-0.2, 0) is 28.9 Å². The molecule has 2 heterocycles. The van der Waals surface area contributed by atoms with Gasteiger partial charge < -0.3 is 9.47 Å².